The molecule has 2 aromatic heterocycles. The van der Waals surface area contributed by atoms with Crippen LogP contribution in [0.1, 0.15) is 16.2 Å². The fourth-order valence-electron chi connectivity index (χ4n) is 3.00. The number of methoxy groups -OCH3 is 1. The molecule has 0 fully saturated rings. The summed E-state index contributed by atoms with van der Waals surface area (Å²) in [7, 11) is 1.44. The van der Waals surface area contributed by atoms with Gasteiger partial charge in [0.05, 0.1) is 17.8 Å². The molecule has 4 aromatic rings. The number of hydrogen-bond acceptors (Lipinski definition) is 4. The van der Waals surface area contributed by atoms with Crippen molar-refractivity contribution in [3.8, 4) is 17.0 Å². The molecule has 1 N–H and O–H groups in total. The predicted octanol–water partition coefficient (Wildman–Crippen LogP) is 5.98. The molecule has 164 valence electrons. The van der Waals surface area contributed by atoms with E-state index in [1.54, 1.807) is 30.3 Å². The first-order valence-electron chi connectivity index (χ1n) is 9.04. The third kappa shape index (κ3) is 4.35. The van der Waals surface area contributed by atoms with Gasteiger partial charge < -0.3 is 10.1 Å². The summed E-state index contributed by atoms with van der Waals surface area (Å²) in [6, 6.07) is 12.8. The summed E-state index contributed by atoms with van der Waals surface area (Å²) < 4.78 is 46.8. The van der Waals surface area contributed by atoms with Crippen LogP contribution in [0.3, 0.4) is 0 Å². The van der Waals surface area contributed by atoms with Crippen molar-refractivity contribution in [3.63, 3.8) is 0 Å². The molecule has 0 spiro atoms. The van der Waals surface area contributed by atoms with Gasteiger partial charge in [0.2, 0.25) is 0 Å². The molecule has 0 radical (unpaired) electrons. The fourth-order valence-corrected chi connectivity index (χ4v) is 3.38. The zero-order valence-corrected chi connectivity index (χ0v) is 17.8. The highest BCUT2D eigenvalue weighted by molar-refractivity contribution is 6.32. The van der Waals surface area contributed by atoms with Crippen LogP contribution in [0.5, 0.6) is 5.75 Å². The number of anilines is 1. The predicted molar refractivity (Wildman–Crippen MR) is 114 cm³/mol. The Hall–Kier alpha value is -3.30. The molecule has 0 bridgehead atoms. The van der Waals surface area contributed by atoms with Crippen molar-refractivity contribution in [3.05, 3.63) is 76.0 Å². The molecule has 32 heavy (non-hydrogen) atoms. The van der Waals surface area contributed by atoms with Gasteiger partial charge in [-0.1, -0.05) is 35.3 Å². The number of nitrogens with one attached hydrogen (secondary N) is 1. The minimum absolute atomic E-state index is 0.0651. The van der Waals surface area contributed by atoms with Crippen LogP contribution >= 0.6 is 23.2 Å². The average Bonchev–Trinajstić information content (AvgIpc) is 3.17. The van der Waals surface area contributed by atoms with Gasteiger partial charge in [-0.25, -0.2) is 9.50 Å². The number of carbonyl (C=O) groups excluding carboxylic acids is 1. The quantitative estimate of drug-likeness (QED) is 0.389. The molecular formula is C21H13Cl2F3N4O2. The number of aromatic nitrogens is 3. The lowest BCUT2D eigenvalue weighted by Crippen LogP contribution is -2.15. The van der Waals surface area contributed by atoms with Gasteiger partial charge in [0, 0.05) is 22.3 Å². The van der Waals surface area contributed by atoms with Gasteiger partial charge in [-0.15, -0.1) is 0 Å². The third-order valence-corrected chi connectivity index (χ3v) is 5.05. The summed E-state index contributed by atoms with van der Waals surface area (Å²) >= 11 is 11.9. The van der Waals surface area contributed by atoms with Gasteiger partial charge in [0.1, 0.15) is 5.75 Å². The van der Waals surface area contributed by atoms with E-state index in [9.17, 15) is 18.0 Å². The van der Waals surface area contributed by atoms with Crippen molar-refractivity contribution in [1.29, 1.82) is 0 Å². The van der Waals surface area contributed by atoms with Gasteiger partial charge >= 0.3 is 6.18 Å². The Labute approximate surface area is 189 Å². The second kappa shape index (κ2) is 8.33. The van der Waals surface area contributed by atoms with Crippen LogP contribution in [-0.4, -0.2) is 27.6 Å². The minimum Gasteiger partial charge on any atom is -0.495 e. The summed E-state index contributed by atoms with van der Waals surface area (Å²) in [5, 5.41) is 7.06. The molecule has 0 aliphatic heterocycles. The number of fused-ring (bicyclic) bond motifs is 1. The van der Waals surface area contributed by atoms with Crippen molar-refractivity contribution in [2.24, 2.45) is 0 Å². The summed E-state index contributed by atoms with van der Waals surface area (Å²) in [6.45, 7) is 0. The van der Waals surface area contributed by atoms with Gasteiger partial charge in [0.15, 0.2) is 17.0 Å². The van der Waals surface area contributed by atoms with Crippen LogP contribution in [0.25, 0.3) is 16.9 Å². The van der Waals surface area contributed by atoms with Gasteiger partial charge in [0.25, 0.3) is 5.91 Å². The van der Waals surface area contributed by atoms with E-state index in [-0.39, 0.29) is 22.1 Å². The first kappa shape index (κ1) is 21.9. The number of nitrogens with zero attached hydrogens (tertiary/aromatic N) is 3. The van der Waals surface area contributed by atoms with Crippen LogP contribution in [0, 0.1) is 0 Å². The van der Waals surface area contributed by atoms with E-state index in [1.807, 2.05) is 0 Å². The molecule has 0 unspecified atom stereocenters. The number of rotatable bonds is 4. The van der Waals surface area contributed by atoms with Crippen LogP contribution in [0.4, 0.5) is 18.9 Å². The number of carbonyl (C=O) groups is 1. The van der Waals surface area contributed by atoms with E-state index < -0.39 is 17.8 Å². The molecule has 2 heterocycles. The normalized spacial score (nSPS) is 11.6. The van der Waals surface area contributed by atoms with Crippen molar-refractivity contribution in [2.45, 2.75) is 6.18 Å². The Morgan fingerprint density at radius 3 is 2.41 bits per heavy atom. The van der Waals surface area contributed by atoms with Crippen molar-refractivity contribution >= 4 is 40.4 Å². The Morgan fingerprint density at radius 2 is 1.78 bits per heavy atom. The zero-order chi connectivity index (χ0) is 23.0. The van der Waals surface area contributed by atoms with E-state index in [2.05, 4.69) is 15.4 Å². The maximum absolute atomic E-state index is 13.7. The lowest BCUT2D eigenvalue weighted by atomic mass is 10.1. The molecule has 0 aliphatic rings. The zero-order valence-electron chi connectivity index (χ0n) is 16.2. The summed E-state index contributed by atoms with van der Waals surface area (Å²) in [6.07, 6.45) is -4.73. The molecule has 1 amide bonds. The molecular weight excluding hydrogens is 468 g/mol. The minimum atomic E-state index is -4.73. The first-order valence-corrected chi connectivity index (χ1v) is 9.80. The fraction of sp³-hybridized carbons (Fsp3) is 0.0952. The van der Waals surface area contributed by atoms with Crippen molar-refractivity contribution < 1.29 is 22.7 Å². The topological polar surface area (TPSA) is 68.5 Å². The average molecular weight is 481 g/mol. The van der Waals surface area contributed by atoms with E-state index in [0.29, 0.717) is 26.5 Å². The summed E-state index contributed by atoms with van der Waals surface area (Å²) in [5.74, 6) is -0.316. The third-order valence-electron chi connectivity index (χ3n) is 4.50. The molecule has 6 nitrogen and oxygen atoms in total. The monoisotopic (exact) mass is 480 g/mol. The largest absolute Gasteiger partial charge is 0.495 e. The second-order valence-corrected chi connectivity index (χ2v) is 7.48. The number of alkyl halides is 3. The van der Waals surface area contributed by atoms with Crippen LogP contribution in [0.15, 0.2) is 54.6 Å². The molecule has 0 saturated carbocycles. The number of ether oxygens (including phenoxy) is 1. The Kier molecular flexibility index (Phi) is 5.70. The van der Waals surface area contributed by atoms with Crippen molar-refractivity contribution in [1.82, 2.24) is 14.6 Å². The number of amides is 1. The smallest absolute Gasteiger partial charge is 0.433 e. The molecule has 0 atom stereocenters. The van der Waals surface area contributed by atoms with Crippen molar-refractivity contribution in [2.75, 3.05) is 12.4 Å². The Morgan fingerprint density at radius 1 is 1.06 bits per heavy atom. The summed E-state index contributed by atoms with van der Waals surface area (Å²) in [5.41, 5.74) is -0.633. The van der Waals surface area contributed by atoms with E-state index in [4.69, 9.17) is 27.9 Å². The molecule has 4 rings (SSSR count). The second-order valence-electron chi connectivity index (χ2n) is 6.63. The standard InChI is InChI=1S/C21H13Cl2F3N4O2/c1-32-17-7-6-13(8-14(17)23)27-20(31)16-10-19-28-15(11-2-4-12(22)5-3-11)9-18(21(24,25)26)30(19)29-16/h2-10H,1H3,(H,27,31). The van der Waals surface area contributed by atoms with Gasteiger partial charge in [-0.3, -0.25) is 4.79 Å². The number of hydrogen-bond donors (Lipinski definition) is 1. The van der Waals surface area contributed by atoms with E-state index in [1.165, 1.54) is 25.3 Å². The Bertz CT molecular complexity index is 1320. The highest BCUT2D eigenvalue weighted by Gasteiger charge is 2.35. The highest BCUT2D eigenvalue weighted by atomic mass is 35.5. The molecule has 0 aliphatic carbocycles. The molecule has 2 aromatic carbocycles. The maximum atomic E-state index is 13.7. The van der Waals surface area contributed by atoms with E-state index in [0.717, 1.165) is 6.07 Å². The Balaban J connectivity index is 1.74. The van der Waals surface area contributed by atoms with E-state index >= 15 is 0 Å². The number of benzene rings is 2. The summed E-state index contributed by atoms with van der Waals surface area (Å²) in [4.78, 5) is 16.9. The highest BCUT2D eigenvalue weighted by Crippen LogP contribution is 2.33. The maximum Gasteiger partial charge on any atom is 0.433 e. The molecule has 11 heteroatoms. The van der Waals surface area contributed by atoms with Gasteiger partial charge in [-0.05, 0) is 36.4 Å². The number of halogens is 5. The lowest BCUT2D eigenvalue weighted by Gasteiger charge is -2.11. The lowest BCUT2D eigenvalue weighted by molar-refractivity contribution is -0.142. The molecule has 0 saturated heterocycles. The first-order chi connectivity index (χ1) is 15.2. The van der Waals surface area contributed by atoms with Gasteiger partial charge in [-0.2, -0.15) is 18.3 Å². The van der Waals surface area contributed by atoms with Crippen LogP contribution in [0.2, 0.25) is 10.0 Å². The SMILES string of the molecule is COc1ccc(NC(=O)c2cc3nc(-c4ccc(Cl)cc4)cc(C(F)(F)F)n3n2)cc1Cl. The van der Waals surface area contributed by atoms with Crippen LogP contribution in [-0.2, 0) is 6.18 Å². The van der Waals surface area contributed by atoms with Crippen LogP contribution < -0.4 is 10.1 Å².